The van der Waals surface area contributed by atoms with E-state index in [0.717, 1.165) is 6.42 Å². The number of aromatic nitrogens is 3. The quantitative estimate of drug-likeness (QED) is 0.314. The first-order chi connectivity index (χ1) is 20.0. The van der Waals surface area contributed by atoms with Crippen molar-refractivity contribution in [2.45, 2.75) is 51.2 Å². The second kappa shape index (κ2) is 13.4. The molecule has 0 radical (unpaired) electrons. The lowest BCUT2D eigenvalue weighted by Crippen LogP contribution is -2.38. The second-order valence-electron chi connectivity index (χ2n) is 10.0. The summed E-state index contributed by atoms with van der Waals surface area (Å²) in [6.07, 6.45) is 1.26. The molecular weight excluding hydrogens is 551 g/mol. The van der Waals surface area contributed by atoms with Gasteiger partial charge in [-0.15, -0.1) is 0 Å². The number of carbonyl (C=O) groups excluding carboxylic acids is 3. The molecule has 1 aliphatic heterocycles. The third kappa shape index (κ3) is 8.02. The van der Waals surface area contributed by atoms with Gasteiger partial charge in [-0.3, -0.25) is 19.4 Å². The number of hydrogen-bond acceptors (Lipinski definition) is 7. The summed E-state index contributed by atoms with van der Waals surface area (Å²) in [5, 5.41) is 7.27. The highest BCUT2D eigenvalue weighted by Gasteiger charge is 2.27. The fourth-order valence-electron chi connectivity index (χ4n) is 4.54. The van der Waals surface area contributed by atoms with Gasteiger partial charge < -0.3 is 16.0 Å². The molecule has 2 amide bonds. The van der Waals surface area contributed by atoms with Gasteiger partial charge in [0.25, 0.3) is 0 Å². The van der Waals surface area contributed by atoms with E-state index in [1.165, 1.54) is 12.4 Å². The van der Waals surface area contributed by atoms with Crippen molar-refractivity contribution in [3.8, 4) is 11.3 Å². The van der Waals surface area contributed by atoms with Gasteiger partial charge >= 0.3 is 6.18 Å². The number of aliphatic imine (C=N–C) groups is 1. The predicted octanol–water partition coefficient (Wildman–Crippen LogP) is 3.35. The minimum absolute atomic E-state index is 0.100. The summed E-state index contributed by atoms with van der Waals surface area (Å²) in [6.45, 7) is 3.19. The van der Waals surface area contributed by atoms with Crippen LogP contribution in [0.15, 0.2) is 53.9 Å². The van der Waals surface area contributed by atoms with Gasteiger partial charge in [0.05, 0.1) is 24.5 Å². The number of hydrogen-bond donors (Lipinski definition) is 2. The summed E-state index contributed by atoms with van der Waals surface area (Å²) in [7, 11) is 0. The van der Waals surface area contributed by atoms with Gasteiger partial charge in [-0.1, -0.05) is 18.2 Å². The van der Waals surface area contributed by atoms with Crippen LogP contribution < -0.4 is 11.1 Å². The number of halogens is 3. The third-order valence-electron chi connectivity index (χ3n) is 6.85. The van der Waals surface area contributed by atoms with Crippen LogP contribution >= 0.6 is 0 Å². The number of alkyl halides is 3. The number of rotatable bonds is 12. The standard InChI is InChI=1S/C29H32F3N7O3/c1-19(28(42)34-9-11-38-10-3-6-27(38)41)35-16-23(15-33)22-14-26-36-18-25(39(26)37-17-22)21-5-2-4-20(12-21)13-24(40)7-8-29(30,31)32/h2,4-5,12,14-19H,3,6-11,13,33H2,1H3,(H,34,42). The molecule has 3 N–H and O–H groups in total. The lowest BCUT2D eigenvalue weighted by atomic mass is 10.0. The van der Waals surface area contributed by atoms with Crippen molar-refractivity contribution in [3.05, 3.63) is 60.1 Å². The number of benzene rings is 1. The average molecular weight is 584 g/mol. The molecule has 2 aromatic heterocycles. The molecule has 222 valence electrons. The normalized spacial score (nSPS) is 15.1. The third-order valence-corrected chi connectivity index (χ3v) is 6.85. The number of nitrogens with one attached hydrogen (secondary N) is 1. The second-order valence-corrected chi connectivity index (χ2v) is 10.0. The summed E-state index contributed by atoms with van der Waals surface area (Å²) in [6, 6.07) is 8.02. The summed E-state index contributed by atoms with van der Waals surface area (Å²) < 4.78 is 38.9. The Kier molecular flexibility index (Phi) is 9.71. The fraction of sp³-hybridized carbons (Fsp3) is 0.379. The van der Waals surface area contributed by atoms with E-state index in [1.54, 1.807) is 59.1 Å². The Balaban J connectivity index is 1.39. The van der Waals surface area contributed by atoms with Crippen molar-refractivity contribution in [2.75, 3.05) is 19.6 Å². The minimum atomic E-state index is -4.37. The highest BCUT2D eigenvalue weighted by molar-refractivity contribution is 6.10. The van der Waals surface area contributed by atoms with Gasteiger partial charge in [0, 0.05) is 68.0 Å². The van der Waals surface area contributed by atoms with Crippen molar-refractivity contribution in [1.29, 1.82) is 0 Å². The summed E-state index contributed by atoms with van der Waals surface area (Å²) in [5.74, 6) is -0.657. The summed E-state index contributed by atoms with van der Waals surface area (Å²) in [4.78, 5) is 46.6. The first kappa shape index (κ1) is 30.4. The van der Waals surface area contributed by atoms with Crippen LogP contribution in [0.5, 0.6) is 0 Å². The number of ketones is 1. The van der Waals surface area contributed by atoms with Crippen LogP contribution in [-0.4, -0.2) is 75.2 Å². The number of nitrogens with two attached hydrogens (primary N) is 1. The molecule has 1 unspecified atom stereocenters. The Labute approximate surface area is 240 Å². The zero-order chi connectivity index (χ0) is 30.3. The van der Waals surface area contributed by atoms with Crippen LogP contribution in [-0.2, 0) is 20.8 Å². The van der Waals surface area contributed by atoms with Crippen molar-refractivity contribution < 1.29 is 27.6 Å². The van der Waals surface area contributed by atoms with Gasteiger partial charge in [0.2, 0.25) is 11.8 Å². The first-order valence-electron chi connectivity index (χ1n) is 13.6. The Hall–Kier alpha value is -4.55. The molecule has 4 rings (SSSR count). The maximum Gasteiger partial charge on any atom is 0.389 e. The zero-order valence-corrected chi connectivity index (χ0v) is 23.1. The molecule has 1 atom stereocenters. The number of Topliss-reactive ketones (excluding diaryl/α,β-unsaturated/α-hetero) is 1. The number of fused-ring (bicyclic) bond motifs is 1. The van der Waals surface area contributed by atoms with Crippen molar-refractivity contribution in [2.24, 2.45) is 10.7 Å². The Morgan fingerprint density at radius 1 is 1.24 bits per heavy atom. The molecule has 0 aliphatic carbocycles. The lowest BCUT2D eigenvalue weighted by molar-refractivity contribution is -0.143. The summed E-state index contributed by atoms with van der Waals surface area (Å²) >= 11 is 0. The SMILES string of the molecule is CC(N=CC(=CN)c1cnn2c(-c3cccc(CC(=O)CCC(F)(F)F)c3)cnc2c1)C(=O)NCCN1CCCC1=O. The summed E-state index contributed by atoms with van der Waals surface area (Å²) in [5.41, 5.74) is 9.42. The number of amides is 2. The van der Waals surface area contributed by atoms with E-state index in [4.69, 9.17) is 5.73 Å². The molecule has 13 heteroatoms. The van der Waals surface area contributed by atoms with Crippen LogP contribution in [0.2, 0.25) is 0 Å². The minimum Gasteiger partial charge on any atom is -0.404 e. The number of nitrogens with zero attached hydrogens (tertiary/aromatic N) is 5. The topological polar surface area (TPSA) is 135 Å². The van der Waals surface area contributed by atoms with Crippen molar-refractivity contribution in [1.82, 2.24) is 24.8 Å². The molecular formula is C29H32F3N7O3. The largest absolute Gasteiger partial charge is 0.404 e. The van der Waals surface area contributed by atoms with Gasteiger partial charge in [-0.2, -0.15) is 18.3 Å². The molecule has 3 aromatic rings. The lowest BCUT2D eigenvalue weighted by Gasteiger charge is -2.16. The van der Waals surface area contributed by atoms with Crippen LogP contribution in [0.25, 0.3) is 22.5 Å². The van der Waals surface area contributed by atoms with Gasteiger partial charge in [0.15, 0.2) is 5.65 Å². The highest BCUT2D eigenvalue weighted by Crippen LogP contribution is 2.25. The van der Waals surface area contributed by atoms with E-state index < -0.39 is 30.8 Å². The van der Waals surface area contributed by atoms with Crippen molar-refractivity contribution in [3.63, 3.8) is 0 Å². The molecule has 0 bridgehead atoms. The maximum atomic E-state index is 12.4. The van der Waals surface area contributed by atoms with Crippen LogP contribution in [0.3, 0.4) is 0 Å². The Morgan fingerprint density at radius 2 is 2.05 bits per heavy atom. The number of imidazole rings is 1. The Morgan fingerprint density at radius 3 is 2.76 bits per heavy atom. The number of likely N-dealkylation sites (tertiary alicyclic amines) is 1. The molecule has 0 spiro atoms. The predicted molar refractivity (Wildman–Crippen MR) is 151 cm³/mol. The van der Waals surface area contributed by atoms with Gasteiger partial charge in [0.1, 0.15) is 11.8 Å². The van der Waals surface area contributed by atoms with E-state index >= 15 is 0 Å². The number of carbonyl (C=O) groups is 3. The molecule has 1 aliphatic rings. The van der Waals surface area contributed by atoms with E-state index in [-0.39, 0.29) is 18.2 Å². The molecule has 10 nitrogen and oxygen atoms in total. The van der Waals surface area contributed by atoms with Crippen molar-refractivity contribution >= 4 is 35.0 Å². The van der Waals surface area contributed by atoms with Gasteiger partial charge in [-0.05, 0) is 31.0 Å². The molecule has 1 aromatic carbocycles. The fourth-order valence-corrected chi connectivity index (χ4v) is 4.54. The smallest absolute Gasteiger partial charge is 0.389 e. The van der Waals surface area contributed by atoms with Crippen LogP contribution in [0.4, 0.5) is 13.2 Å². The molecule has 1 saturated heterocycles. The number of allylic oxidation sites excluding steroid dienone is 1. The van der Waals surface area contributed by atoms with E-state index in [1.807, 2.05) is 0 Å². The van der Waals surface area contributed by atoms with E-state index in [0.29, 0.717) is 59.7 Å². The van der Waals surface area contributed by atoms with Crippen LogP contribution in [0.1, 0.15) is 43.7 Å². The van der Waals surface area contributed by atoms with E-state index in [2.05, 4.69) is 20.4 Å². The molecule has 0 saturated carbocycles. The maximum absolute atomic E-state index is 12.4. The zero-order valence-electron chi connectivity index (χ0n) is 23.1. The van der Waals surface area contributed by atoms with Gasteiger partial charge in [-0.25, -0.2) is 9.50 Å². The highest BCUT2D eigenvalue weighted by atomic mass is 19.4. The van der Waals surface area contributed by atoms with Crippen LogP contribution in [0, 0.1) is 0 Å². The molecule has 3 heterocycles. The monoisotopic (exact) mass is 583 g/mol. The molecule has 42 heavy (non-hydrogen) atoms. The first-order valence-corrected chi connectivity index (χ1v) is 13.6. The average Bonchev–Trinajstić information content (AvgIpc) is 3.57. The Bertz CT molecular complexity index is 1510. The van der Waals surface area contributed by atoms with E-state index in [9.17, 15) is 27.6 Å². The molecule has 1 fully saturated rings.